The zero-order chi connectivity index (χ0) is 13.4. The van der Waals surface area contributed by atoms with E-state index in [9.17, 15) is 0 Å². The van der Waals surface area contributed by atoms with E-state index in [2.05, 4.69) is 37.2 Å². The lowest BCUT2D eigenvalue weighted by atomic mass is 10.1. The molecule has 0 aliphatic heterocycles. The maximum absolute atomic E-state index is 4.69. The molecule has 1 aromatic heterocycles. The van der Waals surface area contributed by atoms with Gasteiger partial charge in [-0.2, -0.15) is 0 Å². The van der Waals surface area contributed by atoms with Gasteiger partial charge in [0.05, 0.1) is 0 Å². The standard InChI is InChI=1S/C16H25N3/c1-11-8-13(9-17-15-6-7-15)10-18-16(11)19(3)12(2)14-4-5-14/h8,10,12,14-15,17H,4-7,9H2,1-3H3. The molecule has 1 heterocycles. The van der Waals surface area contributed by atoms with Gasteiger partial charge in [0.15, 0.2) is 0 Å². The first-order chi connectivity index (χ1) is 9.15. The molecule has 104 valence electrons. The fourth-order valence-corrected chi connectivity index (χ4v) is 2.73. The van der Waals surface area contributed by atoms with E-state index in [-0.39, 0.29) is 0 Å². The number of aromatic nitrogens is 1. The molecular weight excluding hydrogens is 234 g/mol. The lowest BCUT2D eigenvalue weighted by Crippen LogP contribution is -2.32. The summed E-state index contributed by atoms with van der Waals surface area (Å²) in [6, 6.07) is 3.66. The number of anilines is 1. The van der Waals surface area contributed by atoms with E-state index < -0.39 is 0 Å². The summed E-state index contributed by atoms with van der Waals surface area (Å²) >= 11 is 0. The second-order valence-electron chi connectivity index (χ2n) is 6.33. The van der Waals surface area contributed by atoms with Gasteiger partial charge in [-0.15, -0.1) is 0 Å². The Labute approximate surface area is 116 Å². The maximum atomic E-state index is 4.69. The van der Waals surface area contributed by atoms with Crippen LogP contribution in [0, 0.1) is 12.8 Å². The van der Waals surface area contributed by atoms with Crippen LogP contribution in [0.3, 0.4) is 0 Å². The Kier molecular flexibility index (Phi) is 3.48. The average molecular weight is 259 g/mol. The van der Waals surface area contributed by atoms with Crippen LogP contribution in [-0.4, -0.2) is 24.1 Å². The molecule has 0 amide bonds. The highest BCUT2D eigenvalue weighted by molar-refractivity contribution is 5.47. The first-order valence-electron chi connectivity index (χ1n) is 7.57. The molecule has 2 aliphatic rings. The van der Waals surface area contributed by atoms with E-state index >= 15 is 0 Å². The fourth-order valence-electron chi connectivity index (χ4n) is 2.73. The Bertz CT molecular complexity index is 449. The summed E-state index contributed by atoms with van der Waals surface area (Å²) in [5.41, 5.74) is 2.60. The SMILES string of the molecule is Cc1cc(CNC2CC2)cnc1N(C)C(C)C1CC1. The topological polar surface area (TPSA) is 28.2 Å². The van der Waals surface area contributed by atoms with E-state index in [0.717, 1.165) is 24.3 Å². The van der Waals surface area contributed by atoms with Gasteiger partial charge in [0, 0.05) is 31.9 Å². The third kappa shape index (κ3) is 3.08. The van der Waals surface area contributed by atoms with Gasteiger partial charge in [0.2, 0.25) is 0 Å². The maximum Gasteiger partial charge on any atom is 0.131 e. The van der Waals surface area contributed by atoms with Crippen molar-refractivity contribution in [2.45, 2.75) is 58.2 Å². The van der Waals surface area contributed by atoms with Crippen molar-refractivity contribution in [3.63, 3.8) is 0 Å². The number of aryl methyl sites for hydroxylation is 1. The Morgan fingerprint density at radius 3 is 2.68 bits per heavy atom. The van der Waals surface area contributed by atoms with Crippen molar-refractivity contribution in [2.24, 2.45) is 5.92 Å². The van der Waals surface area contributed by atoms with Gasteiger partial charge in [-0.3, -0.25) is 0 Å². The molecular formula is C16H25N3. The van der Waals surface area contributed by atoms with Gasteiger partial charge in [0.1, 0.15) is 5.82 Å². The number of pyridine rings is 1. The summed E-state index contributed by atoms with van der Waals surface area (Å²) in [4.78, 5) is 7.05. The second kappa shape index (κ2) is 5.12. The predicted molar refractivity (Wildman–Crippen MR) is 79.4 cm³/mol. The average Bonchev–Trinajstić information content (AvgIpc) is 3.28. The van der Waals surface area contributed by atoms with Crippen molar-refractivity contribution in [2.75, 3.05) is 11.9 Å². The molecule has 1 N–H and O–H groups in total. The third-order valence-corrected chi connectivity index (χ3v) is 4.53. The lowest BCUT2D eigenvalue weighted by Gasteiger charge is -2.27. The Balaban J connectivity index is 1.67. The molecule has 2 fully saturated rings. The van der Waals surface area contributed by atoms with Gasteiger partial charge < -0.3 is 10.2 Å². The molecule has 0 aromatic carbocycles. The molecule has 3 rings (SSSR count). The van der Waals surface area contributed by atoms with Crippen molar-refractivity contribution in [3.05, 3.63) is 23.4 Å². The number of hydrogen-bond acceptors (Lipinski definition) is 3. The van der Waals surface area contributed by atoms with E-state index in [1.54, 1.807) is 0 Å². The monoisotopic (exact) mass is 259 g/mol. The van der Waals surface area contributed by atoms with Gasteiger partial charge in [-0.05, 0) is 62.6 Å². The van der Waals surface area contributed by atoms with Crippen molar-refractivity contribution < 1.29 is 0 Å². The van der Waals surface area contributed by atoms with Crippen molar-refractivity contribution >= 4 is 5.82 Å². The molecule has 2 saturated carbocycles. The minimum Gasteiger partial charge on any atom is -0.356 e. The highest BCUT2D eigenvalue weighted by Crippen LogP contribution is 2.36. The second-order valence-corrected chi connectivity index (χ2v) is 6.33. The summed E-state index contributed by atoms with van der Waals surface area (Å²) < 4.78 is 0. The fraction of sp³-hybridized carbons (Fsp3) is 0.688. The number of nitrogens with zero attached hydrogens (tertiary/aromatic N) is 2. The van der Waals surface area contributed by atoms with Crippen LogP contribution >= 0.6 is 0 Å². The van der Waals surface area contributed by atoms with Crippen LogP contribution in [0.25, 0.3) is 0 Å². The van der Waals surface area contributed by atoms with Crippen LogP contribution in [0.15, 0.2) is 12.3 Å². The number of hydrogen-bond donors (Lipinski definition) is 1. The lowest BCUT2D eigenvalue weighted by molar-refractivity contribution is 0.602. The summed E-state index contributed by atoms with van der Waals surface area (Å²) in [5.74, 6) is 2.02. The van der Waals surface area contributed by atoms with Crippen LogP contribution in [0.2, 0.25) is 0 Å². The summed E-state index contributed by atoms with van der Waals surface area (Å²) in [6.45, 7) is 5.46. The predicted octanol–water partition coefficient (Wildman–Crippen LogP) is 2.88. The largest absolute Gasteiger partial charge is 0.356 e. The first-order valence-corrected chi connectivity index (χ1v) is 7.57. The zero-order valence-corrected chi connectivity index (χ0v) is 12.3. The number of rotatable bonds is 6. The highest BCUT2D eigenvalue weighted by atomic mass is 15.2. The minimum atomic E-state index is 0.613. The summed E-state index contributed by atoms with van der Waals surface area (Å²) in [7, 11) is 2.18. The van der Waals surface area contributed by atoms with Crippen LogP contribution in [0.5, 0.6) is 0 Å². The molecule has 0 saturated heterocycles. The molecule has 3 heteroatoms. The Morgan fingerprint density at radius 1 is 1.37 bits per heavy atom. The normalized spacial score (nSPS) is 20.4. The Morgan fingerprint density at radius 2 is 2.11 bits per heavy atom. The Hall–Kier alpha value is -1.09. The van der Waals surface area contributed by atoms with E-state index in [1.165, 1.54) is 36.8 Å². The molecule has 1 unspecified atom stereocenters. The summed E-state index contributed by atoms with van der Waals surface area (Å²) in [6.07, 6.45) is 7.48. The molecule has 1 aromatic rings. The molecule has 3 nitrogen and oxygen atoms in total. The molecule has 0 radical (unpaired) electrons. The van der Waals surface area contributed by atoms with E-state index in [0.29, 0.717) is 6.04 Å². The third-order valence-electron chi connectivity index (χ3n) is 4.53. The molecule has 1 atom stereocenters. The van der Waals surface area contributed by atoms with E-state index in [4.69, 9.17) is 4.98 Å². The van der Waals surface area contributed by atoms with Crippen molar-refractivity contribution in [3.8, 4) is 0 Å². The highest BCUT2D eigenvalue weighted by Gasteiger charge is 2.31. The molecule has 2 aliphatic carbocycles. The van der Waals surface area contributed by atoms with Crippen molar-refractivity contribution in [1.82, 2.24) is 10.3 Å². The van der Waals surface area contributed by atoms with Crippen LogP contribution < -0.4 is 10.2 Å². The quantitative estimate of drug-likeness (QED) is 0.851. The zero-order valence-electron chi connectivity index (χ0n) is 12.3. The first kappa shape index (κ1) is 12.9. The van der Waals surface area contributed by atoms with Crippen LogP contribution in [0.4, 0.5) is 5.82 Å². The smallest absolute Gasteiger partial charge is 0.131 e. The van der Waals surface area contributed by atoms with Gasteiger partial charge >= 0.3 is 0 Å². The van der Waals surface area contributed by atoms with E-state index in [1.807, 2.05) is 6.20 Å². The van der Waals surface area contributed by atoms with Crippen LogP contribution in [-0.2, 0) is 6.54 Å². The van der Waals surface area contributed by atoms with Crippen molar-refractivity contribution in [1.29, 1.82) is 0 Å². The molecule has 19 heavy (non-hydrogen) atoms. The van der Waals surface area contributed by atoms with Crippen LogP contribution in [0.1, 0.15) is 43.7 Å². The molecule has 0 bridgehead atoms. The van der Waals surface area contributed by atoms with Gasteiger partial charge in [0.25, 0.3) is 0 Å². The number of nitrogens with one attached hydrogen (secondary N) is 1. The summed E-state index contributed by atoms with van der Waals surface area (Å²) in [5, 5.41) is 3.55. The van der Waals surface area contributed by atoms with Gasteiger partial charge in [-0.1, -0.05) is 0 Å². The minimum absolute atomic E-state index is 0.613. The van der Waals surface area contributed by atoms with Gasteiger partial charge in [-0.25, -0.2) is 4.98 Å². The molecule has 0 spiro atoms.